The number of aromatic nitrogens is 2. The Morgan fingerprint density at radius 2 is 2.23 bits per heavy atom. The minimum absolute atomic E-state index is 0.0293. The predicted octanol–water partition coefficient (Wildman–Crippen LogP) is 3.68. The van der Waals surface area contributed by atoms with Gasteiger partial charge in [0, 0.05) is 13.1 Å². The molecule has 0 atom stereocenters. The number of benzene rings is 1. The van der Waals surface area contributed by atoms with E-state index in [1.54, 1.807) is 17.7 Å². The lowest BCUT2D eigenvalue weighted by Crippen LogP contribution is -2.07. The van der Waals surface area contributed by atoms with Crippen LogP contribution in [-0.2, 0) is 16.6 Å². The van der Waals surface area contributed by atoms with Crippen LogP contribution in [0, 0.1) is 11.3 Å². The Bertz CT molecular complexity index is 1040. The Morgan fingerprint density at radius 3 is 2.92 bits per heavy atom. The van der Waals surface area contributed by atoms with Gasteiger partial charge in [-0.25, -0.2) is 9.78 Å². The van der Waals surface area contributed by atoms with Gasteiger partial charge in [0.25, 0.3) is 0 Å². The van der Waals surface area contributed by atoms with Crippen LogP contribution in [0.3, 0.4) is 0 Å². The zero-order valence-corrected chi connectivity index (χ0v) is 14.7. The largest absolute Gasteiger partial charge is 0.507 e. The van der Waals surface area contributed by atoms with Gasteiger partial charge in [-0.1, -0.05) is 12.1 Å². The maximum absolute atomic E-state index is 11.8. The zero-order chi connectivity index (χ0) is 18.5. The number of nitrogens with zero attached hydrogens (tertiary/aromatic N) is 3. The van der Waals surface area contributed by atoms with Crippen molar-refractivity contribution < 1.29 is 14.6 Å². The highest BCUT2D eigenvalue weighted by Gasteiger charge is 2.17. The van der Waals surface area contributed by atoms with Crippen LogP contribution in [0.1, 0.15) is 11.4 Å². The second-order valence-electron chi connectivity index (χ2n) is 5.41. The van der Waals surface area contributed by atoms with E-state index in [2.05, 4.69) is 4.98 Å². The summed E-state index contributed by atoms with van der Waals surface area (Å²) >= 11 is 1.52. The van der Waals surface area contributed by atoms with Crippen molar-refractivity contribution in [1.29, 1.82) is 5.26 Å². The number of aliphatic hydroxyl groups excluding tert-OH is 1. The summed E-state index contributed by atoms with van der Waals surface area (Å²) < 4.78 is 6.71. The molecule has 1 N–H and O–H groups in total. The molecule has 130 valence electrons. The SMILES string of the molecule is Cn1c(/C(C#N)=C(\O)COC(=O)/C=C/c2ccsc2)nc2ccccc21. The standard InChI is InChI=1S/C19H15N3O3S/c1-22-16-5-3-2-4-15(16)21-19(22)14(10-20)17(23)11-25-18(24)7-6-13-8-9-26-12-13/h2-9,12,23H,11H2,1H3/b7-6+,17-14-. The van der Waals surface area contributed by atoms with Crippen LogP contribution in [0.15, 0.2) is 52.9 Å². The quantitative estimate of drug-likeness (QED) is 0.322. The molecular weight excluding hydrogens is 350 g/mol. The summed E-state index contributed by atoms with van der Waals surface area (Å²) in [5.41, 5.74) is 2.41. The van der Waals surface area contributed by atoms with E-state index in [0.717, 1.165) is 11.1 Å². The number of para-hydroxylation sites is 2. The number of fused-ring (bicyclic) bond motifs is 1. The van der Waals surface area contributed by atoms with Gasteiger partial charge in [0.05, 0.1) is 11.0 Å². The van der Waals surface area contributed by atoms with E-state index in [1.165, 1.54) is 17.4 Å². The van der Waals surface area contributed by atoms with Gasteiger partial charge in [-0.3, -0.25) is 0 Å². The maximum Gasteiger partial charge on any atom is 0.331 e. The summed E-state index contributed by atoms with van der Waals surface area (Å²) in [7, 11) is 1.75. The second-order valence-corrected chi connectivity index (χ2v) is 6.19. The molecular formula is C19H15N3O3S. The number of thiophene rings is 1. The highest BCUT2D eigenvalue weighted by atomic mass is 32.1. The summed E-state index contributed by atoms with van der Waals surface area (Å²) in [5, 5.41) is 23.4. The van der Waals surface area contributed by atoms with E-state index >= 15 is 0 Å². The number of allylic oxidation sites excluding steroid dienone is 1. The summed E-state index contributed by atoms with van der Waals surface area (Å²) in [6.45, 7) is -0.404. The highest BCUT2D eigenvalue weighted by Crippen LogP contribution is 2.21. The first kappa shape index (κ1) is 17.5. The molecule has 3 aromatic rings. The fraction of sp³-hybridized carbons (Fsp3) is 0.105. The second kappa shape index (κ2) is 7.68. The smallest absolute Gasteiger partial charge is 0.331 e. The normalized spacial score (nSPS) is 12.2. The zero-order valence-electron chi connectivity index (χ0n) is 13.9. The lowest BCUT2D eigenvalue weighted by molar-refractivity contribution is -0.137. The highest BCUT2D eigenvalue weighted by molar-refractivity contribution is 7.08. The first-order valence-electron chi connectivity index (χ1n) is 7.71. The average Bonchev–Trinajstić information content (AvgIpc) is 3.28. The maximum atomic E-state index is 11.8. The number of aliphatic hydroxyl groups is 1. The van der Waals surface area contributed by atoms with Gasteiger partial charge in [-0.15, -0.1) is 0 Å². The van der Waals surface area contributed by atoms with Crippen molar-refractivity contribution in [3.63, 3.8) is 0 Å². The summed E-state index contributed by atoms with van der Waals surface area (Å²) in [4.78, 5) is 16.1. The van der Waals surface area contributed by atoms with Crippen LogP contribution in [0.25, 0.3) is 22.7 Å². The van der Waals surface area contributed by atoms with Gasteiger partial charge in [0.1, 0.15) is 18.2 Å². The summed E-state index contributed by atoms with van der Waals surface area (Å²) in [5.74, 6) is -0.635. The fourth-order valence-corrected chi connectivity index (χ4v) is 3.04. The lowest BCUT2D eigenvalue weighted by Gasteiger charge is -2.05. The molecule has 0 amide bonds. The first-order chi connectivity index (χ1) is 12.6. The number of nitriles is 1. The lowest BCUT2D eigenvalue weighted by atomic mass is 10.2. The molecule has 3 rings (SSSR count). The van der Waals surface area contributed by atoms with Crippen molar-refractivity contribution in [2.45, 2.75) is 0 Å². The van der Waals surface area contributed by atoms with Crippen LogP contribution in [0.5, 0.6) is 0 Å². The van der Waals surface area contributed by atoms with Gasteiger partial charge in [-0.2, -0.15) is 16.6 Å². The molecule has 0 spiro atoms. The molecule has 0 fully saturated rings. The molecule has 26 heavy (non-hydrogen) atoms. The Kier molecular flexibility index (Phi) is 5.15. The van der Waals surface area contributed by atoms with Gasteiger partial charge in [0.15, 0.2) is 11.6 Å². The third-order valence-electron chi connectivity index (χ3n) is 3.72. The van der Waals surface area contributed by atoms with Crippen LogP contribution in [0.2, 0.25) is 0 Å². The summed E-state index contributed by atoms with van der Waals surface area (Å²) in [6, 6.07) is 11.2. The molecule has 0 saturated carbocycles. The Labute approximate surface area is 153 Å². The number of esters is 1. The topological polar surface area (TPSA) is 88.1 Å². The minimum Gasteiger partial charge on any atom is -0.507 e. The third-order valence-corrected chi connectivity index (χ3v) is 4.42. The van der Waals surface area contributed by atoms with Gasteiger partial charge < -0.3 is 14.4 Å². The number of carbonyl (C=O) groups excluding carboxylic acids is 1. The van der Waals surface area contributed by atoms with Crippen LogP contribution < -0.4 is 0 Å². The van der Waals surface area contributed by atoms with E-state index in [4.69, 9.17) is 4.74 Å². The first-order valence-corrected chi connectivity index (χ1v) is 8.65. The Hall–Kier alpha value is -3.37. The van der Waals surface area contributed by atoms with E-state index in [1.807, 2.05) is 47.2 Å². The molecule has 6 nitrogen and oxygen atoms in total. The van der Waals surface area contributed by atoms with Crippen molar-refractivity contribution in [3.05, 3.63) is 64.3 Å². The number of ether oxygens (including phenoxy) is 1. The van der Waals surface area contributed by atoms with Crippen molar-refractivity contribution in [1.82, 2.24) is 9.55 Å². The van der Waals surface area contributed by atoms with E-state index in [9.17, 15) is 15.2 Å². The van der Waals surface area contributed by atoms with Gasteiger partial charge in [0.2, 0.25) is 0 Å². The fourth-order valence-electron chi connectivity index (χ4n) is 2.41. The van der Waals surface area contributed by atoms with E-state index in [-0.39, 0.29) is 11.3 Å². The number of hydrogen-bond donors (Lipinski definition) is 1. The molecule has 1 aromatic carbocycles. The molecule has 7 heteroatoms. The van der Waals surface area contributed by atoms with Gasteiger partial charge >= 0.3 is 5.97 Å². The van der Waals surface area contributed by atoms with Crippen LogP contribution in [0.4, 0.5) is 0 Å². The molecule has 0 unspecified atom stereocenters. The molecule has 0 aliphatic carbocycles. The van der Waals surface area contributed by atoms with Crippen LogP contribution >= 0.6 is 11.3 Å². The van der Waals surface area contributed by atoms with E-state index in [0.29, 0.717) is 11.3 Å². The number of rotatable bonds is 5. The minimum atomic E-state index is -0.606. The molecule has 0 bridgehead atoms. The van der Waals surface area contributed by atoms with Crippen molar-refractivity contribution in [2.24, 2.45) is 7.05 Å². The monoisotopic (exact) mass is 365 g/mol. The number of carbonyl (C=O) groups is 1. The molecule has 0 saturated heterocycles. The molecule has 0 radical (unpaired) electrons. The molecule has 0 aliphatic heterocycles. The van der Waals surface area contributed by atoms with Crippen molar-refractivity contribution in [3.8, 4) is 6.07 Å². The van der Waals surface area contributed by atoms with E-state index < -0.39 is 12.6 Å². The Morgan fingerprint density at radius 1 is 1.42 bits per heavy atom. The van der Waals surface area contributed by atoms with Crippen molar-refractivity contribution >= 4 is 40.0 Å². The van der Waals surface area contributed by atoms with Crippen LogP contribution in [-0.4, -0.2) is 27.2 Å². The van der Waals surface area contributed by atoms with Crippen molar-refractivity contribution in [2.75, 3.05) is 6.61 Å². The summed E-state index contributed by atoms with van der Waals surface area (Å²) in [6.07, 6.45) is 2.90. The number of aryl methyl sites for hydroxylation is 1. The Balaban J connectivity index is 1.77. The predicted molar refractivity (Wildman–Crippen MR) is 100 cm³/mol. The average molecular weight is 365 g/mol. The number of hydrogen-bond acceptors (Lipinski definition) is 6. The number of imidazole rings is 1. The molecule has 2 heterocycles. The third kappa shape index (κ3) is 3.66. The molecule has 2 aromatic heterocycles. The van der Waals surface area contributed by atoms with Gasteiger partial charge in [-0.05, 0) is 40.6 Å². The molecule has 0 aliphatic rings.